The van der Waals surface area contributed by atoms with Crippen molar-refractivity contribution < 1.29 is 22.7 Å². The molecule has 0 radical (unpaired) electrons. The number of hydrogen-bond acceptors (Lipinski definition) is 5. The van der Waals surface area contributed by atoms with Crippen molar-refractivity contribution in [3.63, 3.8) is 0 Å². The molecular weight excluding hydrogens is 621 g/mol. The predicted octanol–water partition coefficient (Wildman–Crippen LogP) is 6.84. The molecule has 1 aliphatic carbocycles. The fourth-order valence-corrected chi connectivity index (χ4v) is 7.38. The van der Waals surface area contributed by atoms with Crippen molar-refractivity contribution in [2.45, 2.75) is 75.9 Å². The van der Waals surface area contributed by atoms with Gasteiger partial charge in [0, 0.05) is 22.6 Å². The summed E-state index contributed by atoms with van der Waals surface area (Å²) in [4.78, 5) is 29.5. The molecular formula is C33H39Cl2N3O5S. The number of amides is 2. The van der Waals surface area contributed by atoms with E-state index in [9.17, 15) is 18.0 Å². The summed E-state index contributed by atoms with van der Waals surface area (Å²) in [6.07, 6.45) is 5.30. The highest BCUT2D eigenvalue weighted by Gasteiger charge is 2.35. The zero-order chi connectivity index (χ0) is 31.7. The minimum absolute atomic E-state index is 0.0161. The van der Waals surface area contributed by atoms with Gasteiger partial charge in [0.05, 0.1) is 17.2 Å². The van der Waals surface area contributed by atoms with Gasteiger partial charge in [-0.25, -0.2) is 8.42 Å². The number of para-hydroxylation sites is 2. The second-order valence-electron chi connectivity index (χ2n) is 10.8. The van der Waals surface area contributed by atoms with Gasteiger partial charge in [-0.2, -0.15) is 0 Å². The van der Waals surface area contributed by atoms with Crippen LogP contribution >= 0.6 is 23.2 Å². The molecule has 0 heterocycles. The number of ether oxygens (including phenoxy) is 1. The van der Waals surface area contributed by atoms with Crippen molar-refractivity contribution >= 4 is 50.7 Å². The summed E-state index contributed by atoms with van der Waals surface area (Å²) in [6.45, 7) is 3.34. The number of hydrogen-bond donors (Lipinski definition) is 1. The lowest BCUT2D eigenvalue weighted by Crippen LogP contribution is -2.54. The van der Waals surface area contributed by atoms with Crippen LogP contribution in [0.1, 0.15) is 57.9 Å². The fraction of sp³-hybridized carbons (Fsp3) is 0.394. The zero-order valence-electron chi connectivity index (χ0n) is 25.0. The lowest BCUT2D eigenvalue weighted by Gasteiger charge is -2.35. The molecule has 0 saturated heterocycles. The van der Waals surface area contributed by atoms with Gasteiger partial charge >= 0.3 is 0 Å². The first-order valence-corrected chi connectivity index (χ1v) is 17.2. The second-order valence-corrected chi connectivity index (χ2v) is 13.5. The zero-order valence-corrected chi connectivity index (χ0v) is 27.4. The van der Waals surface area contributed by atoms with Crippen LogP contribution < -0.4 is 14.4 Å². The molecule has 3 aromatic rings. The maximum atomic E-state index is 14.4. The summed E-state index contributed by atoms with van der Waals surface area (Å²) in [5.74, 6) is -0.519. The number of anilines is 1. The number of carbonyl (C=O) groups is 2. The lowest BCUT2D eigenvalue weighted by molar-refractivity contribution is -0.140. The third kappa shape index (κ3) is 8.25. The topological polar surface area (TPSA) is 96.0 Å². The number of nitrogens with one attached hydrogen (secondary N) is 1. The summed E-state index contributed by atoms with van der Waals surface area (Å²) in [5, 5.41) is 3.92. The van der Waals surface area contributed by atoms with Gasteiger partial charge in [-0.1, -0.05) is 85.8 Å². The van der Waals surface area contributed by atoms with Crippen LogP contribution in [-0.4, -0.2) is 50.4 Å². The Labute approximate surface area is 270 Å². The molecule has 1 fully saturated rings. The van der Waals surface area contributed by atoms with Gasteiger partial charge in [-0.15, -0.1) is 0 Å². The molecule has 1 N–H and O–H groups in total. The Morgan fingerprint density at radius 1 is 0.955 bits per heavy atom. The average Bonchev–Trinajstić information content (AvgIpc) is 3.02. The van der Waals surface area contributed by atoms with Crippen LogP contribution in [0.3, 0.4) is 0 Å². The minimum atomic E-state index is -4.22. The van der Waals surface area contributed by atoms with Crippen LogP contribution in [0, 0.1) is 0 Å². The van der Waals surface area contributed by atoms with E-state index >= 15 is 0 Å². The minimum Gasteiger partial charge on any atom is -0.492 e. The maximum Gasteiger partial charge on any atom is 0.264 e. The van der Waals surface area contributed by atoms with Gasteiger partial charge in [-0.05, 0) is 68.1 Å². The summed E-state index contributed by atoms with van der Waals surface area (Å²) < 4.78 is 35.1. The lowest BCUT2D eigenvalue weighted by atomic mass is 9.95. The molecule has 1 saturated carbocycles. The van der Waals surface area contributed by atoms with E-state index in [4.69, 9.17) is 27.9 Å². The third-order valence-electron chi connectivity index (χ3n) is 7.74. The van der Waals surface area contributed by atoms with Gasteiger partial charge in [0.2, 0.25) is 11.8 Å². The van der Waals surface area contributed by atoms with Gasteiger partial charge in [0.15, 0.2) is 0 Å². The van der Waals surface area contributed by atoms with Crippen LogP contribution in [0.2, 0.25) is 10.0 Å². The molecule has 3 aromatic carbocycles. The number of nitrogens with zero attached hydrogens (tertiary/aromatic N) is 2. The molecule has 0 bridgehead atoms. The van der Waals surface area contributed by atoms with E-state index in [2.05, 4.69) is 5.32 Å². The van der Waals surface area contributed by atoms with Crippen LogP contribution in [0.4, 0.5) is 5.69 Å². The standard InChI is InChI=1S/C33H39Cl2N3O5S/c1-3-29(33(40)36-26-13-7-5-8-14-26)37(22-24-19-20-25(34)21-28(24)35)32(39)23-38(30-17-11-12-18-31(30)43-4-2)44(41,42)27-15-9-6-10-16-27/h6,9-12,15-21,26,29H,3-5,7-8,13-14,22-23H2,1-2H3,(H,36,40)/t29-/m1/s1. The number of carbonyl (C=O) groups excluding carboxylic acids is 2. The maximum absolute atomic E-state index is 14.4. The summed E-state index contributed by atoms with van der Waals surface area (Å²) in [5.41, 5.74) is 0.802. The first kappa shape index (κ1) is 33.6. The van der Waals surface area contributed by atoms with Crippen molar-refractivity contribution in [1.29, 1.82) is 0 Å². The van der Waals surface area contributed by atoms with E-state index in [1.54, 1.807) is 67.6 Å². The Hall–Kier alpha value is -3.27. The van der Waals surface area contributed by atoms with Crippen LogP contribution in [0.15, 0.2) is 77.7 Å². The van der Waals surface area contributed by atoms with Crippen LogP contribution in [0.5, 0.6) is 5.75 Å². The van der Waals surface area contributed by atoms with E-state index in [0.717, 1.165) is 36.4 Å². The first-order chi connectivity index (χ1) is 21.1. The van der Waals surface area contributed by atoms with Gasteiger partial charge in [-0.3, -0.25) is 13.9 Å². The average molecular weight is 661 g/mol. The molecule has 0 unspecified atom stereocenters. The molecule has 11 heteroatoms. The van der Waals surface area contributed by atoms with Crippen LogP contribution in [0.25, 0.3) is 0 Å². The van der Waals surface area contributed by atoms with Crippen molar-refractivity contribution in [2.75, 3.05) is 17.5 Å². The summed E-state index contributed by atoms with van der Waals surface area (Å²) in [6, 6.07) is 18.7. The molecule has 236 valence electrons. The SMILES string of the molecule is CCOc1ccccc1N(CC(=O)N(Cc1ccc(Cl)cc1Cl)[C@H](CC)C(=O)NC1CCCCC1)S(=O)(=O)c1ccccc1. The molecule has 0 aromatic heterocycles. The van der Waals surface area contributed by atoms with Crippen molar-refractivity contribution in [3.05, 3.63) is 88.4 Å². The Bertz CT molecular complexity index is 1530. The predicted molar refractivity (Wildman–Crippen MR) is 175 cm³/mol. The monoisotopic (exact) mass is 659 g/mol. The molecule has 0 aliphatic heterocycles. The van der Waals surface area contributed by atoms with Crippen LogP contribution in [-0.2, 0) is 26.2 Å². The highest BCUT2D eigenvalue weighted by atomic mass is 35.5. The number of rotatable bonds is 13. The molecule has 1 aliphatic rings. The van der Waals surface area contributed by atoms with Gasteiger partial charge < -0.3 is 15.0 Å². The van der Waals surface area contributed by atoms with E-state index in [-0.39, 0.29) is 29.1 Å². The second kappa shape index (κ2) is 15.6. The molecule has 0 spiro atoms. The Morgan fingerprint density at radius 3 is 2.30 bits per heavy atom. The molecule has 44 heavy (non-hydrogen) atoms. The molecule has 4 rings (SSSR count). The quantitative estimate of drug-likeness (QED) is 0.217. The first-order valence-electron chi connectivity index (χ1n) is 15.0. The van der Waals surface area contributed by atoms with Gasteiger partial charge in [0.1, 0.15) is 18.3 Å². The van der Waals surface area contributed by atoms with E-state index in [1.165, 1.54) is 17.0 Å². The normalized spacial score (nSPS) is 14.5. The largest absolute Gasteiger partial charge is 0.492 e. The van der Waals surface area contributed by atoms with Crippen molar-refractivity contribution in [3.8, 4) is 5.75 Å². The number of benzene rings is 3. The van der Waals surface area contributed by atoms with Gasteiger partial charge in [0.25, 0.3) is 10.0 Å². The highest BCUT2D eigenvalue weighted by Crippen LogP contribution is 2.33. The fourth-order valence-electron chi connectivity index (χ4n) is 5.47. The Balaban J connectivity index is 1.75. The van der Waals surface area contributed by atoms with Crippen molar-refractivity contribution in [1.82, 2.24) is 10.2 Å². The summed E-state index contributed by atoms with van der Waals surface area (Å²) >= 11 is 12.7. The number of halogens is 2. The highest BCUT2D eigenvalue weighted by molar-refractivity contribution is 7.92. The smallest absolute Gasteiger partial charge is 0.264 e. The van der Waals surface area contributed by atoms with E-state index in [1.807, 2.05) is 6.92 Å². The molecule has 2 amide bonds. The van der Waals surface area contributed by atoms with Crippen molar-refractivity contribution in [2.24, 2.45) is 0 Å². The van der Waals surface area contributed by atoms with E-state index < -0.39 is 28.5 Å². The number of sulfonamides is 1. The third-order valence-corrected chi connectivity index (χ3v) is 10.1. The molecule has 1 atom stereocenters. The summed E-state index contributed by atoms with van der Waals surface area (Å²) in [7, 11) is -4.22. The molecule has 8 nitrogen and oxygen atoms in total. The van der Waals surface area contributed by atoms with E-state index in [0.29, 0.717) is 34.4 Å². The Kier molecular flexibility index (Phi) is 11.9. The Morgan fingerprint density at radius 2 is 1.64 bits per heavy atom.